The van der Waals surface area contributed by atoms with E-state index in [9.17, 15) is 9.59 Å². The number of carbonyl (C=O) groups is 2. The van der Waals surface area contributed by atoms with Crippen molar-refractivity contribution in [2.24, 2.45) is 5.92 Å². The monoisotopic (exact) mass is 240 g/mol. The Morgan fingerprint density at radius 3 is 2.38 bits per heavy atom. The fourth-order valence-electron chi connectivity index (χ4n) is 1.37. The van der Waals surface area contributed by atoms with Crippen LogP contribution in [0.4, 0.5) is 0 Å². The van der Waals surface area contributed by atoms with Crippen molar-refractivity contribution in [1.29, 1.82) is 0 Å². The Bertz CT molecular complexity index is 384. The molecule has 1 N–H and O–H groups in total. The van der Waals surface area contributed by atoms with Gasteiger partial charge in [0.1, 0.15) is 0 Å². The summed E-state index contributed by atoms with van der Waals surface area (Å²) in [5, 5.41) is 9.10. The van der Waals surface area contributed by atoms with Crippen molar-refractivity contribution in [3.05, 3.63) is 34.9 Å². The summed E-state index contributed by atoms with van der Waals surface area (Å²) in [7, 11) is 0. The topological polar surface area (TPSA) is 54.4 Å². The van der Waals surface area contributed by atoms with Crippen LogP contribution in [0.1, 0.15) is 30.1 Å². The molecule has 0 saturated heterocycles. The summed E-state index contributed by atoms with van der Waals surface area (Å²) >= 11 is 5.71. The highest BCUT2D eigenvalue weighted by molar-refractivity contribution is 6.30. The van der Waals surface area contributed by atoms with E-state index >= 15 is 0 Å². The highest BCUT2D eigenvalue weighted by atomic mass is 35.5. The summed E-state index contributed by atoms with van der Waals surface area (Å²) in [6.45, 7) is 1.74. The van der Waals surface area contributed by atoms with E-state index in [0.717, 1.165) is 0 Å². The van der Waals surface area contributed by atoms with E-state index in [2.05, 4.69) is 0 Å². The average Bonchev–Trinajstić information content (AvgIpc) is 2.26. The van der Waals surface area contributed by atoms with Crippen molar-refractivity contribution in [2.45, 2.75) is 19.8 Å². The number of rotatable bonds is 5. The first-order valence-corrected chi connectivity index (χ1v) is 5.40. The molecule has 0 aliphatic rings. The van der Waals surface area contributed by atoms with Gasteiger partial charge in [-0.25, -0.2) is 0 Å². The van der Waals surface area contributed by atoms with Crippen molar-refractivity contribution in [2.75, 3.05) is 0 Å². The number of carboxylic acid groups (broad SMARTS) is 1. The predicted octanol–water partition coefficient (Wildman–Crippen LogP) is 3.02. The Hall–Kier alpha value is -1.35. The Morgan fingerprint density at radius 2 is 1.88 bits per heavy atom. The Kier molecular flexibility index (Phi) is 4.50. The fourth-order valence-corrected chi connectivity index (χ4v) is 1.50. The van der Waals surface area contributed by atoms with Gasteiger partial charge in [-0.3, -0.25) is 9.59 Å². The van der Waals surface area contributed by atoms with E-state index < -0.39 is 5.97 Å². The molecule has 0 aliphatic heterocycles. The van der Waals surface area contributed by atoms with Crippen LogP contribution in [0.5, 0.6) is 0 Å². The van der Waals surface area contributed by atoms with Gasteiger partial charge >= 0.3 is 5.97 Å². The molecule has 1 aromatic rings. The van der Waals surface area contributed by atoms with Crippen molar-refractivity contribution in [3.63, 3.8) is 0 Å². The number of Topliss-reactive ketones (excluding diaryl/α,β-unsaturated/α-hetero) is 1. The predicted molar refractivity (Wildman–Crippen MR) is 61.8 cm³/mol. The van der Waals surface area contributed by atoms with Gasteiger partial charge < -0.3 is 5.11 Å². The van der Waals surface area contributed by atoms with Crippen LogP contribution in [-0.4, -0.2) is 16.9 Å². The summed E-state index contributed by atoms with van der Waals surface area (Å²) < 4.78 is 0. The molecule has 1 atom stereocenters. The van der Waals surface area contributed by atoms with E-state index in [0.29, 0.717) is 17.0 Å². The van der Waals surface area contributed by atoms with Crippen LogP contribution in [0.15, 0.2) is 24.3 Å². The molecular weight excluding hydrogens is 228 g/mol. The lowest BCUT2D eigenvalue weighted by atomic mass is 9.95. The maximum atomic E-state index is 11.8. The van der Waals surface area contributed by atoms with E-state index in [1.165, 1.54) is 0 Å². The molecule has 0 amide bonds. The maximum absolute atomic E-state index is 11.8. The third kappa shape index (κ3) is 3.66. The molecule has 0 aliphatic carbocycles. The molecule has 0 aromatic heterocycles. The number of aliphatic carboxylic acids is 1. The lowest BCUT2D eigenvalue weighted by Gasteiger charge is -2.08. The van der Waals surface area contributed by atoms with Gasteiger partial charge in [-0.2, -0.15) is 0 Å². The molecule has 86 valence electrons. The van der Waals surface area contributed by atoms with Gasteiger partial charge in [0.15, 0.2) is 5.78 Å². The average molecular weight is 241 g/mol. The third-order valence-electron chi connectivity index (χ3n) is 2.37. The van der Waals surface area contributed by atoms with E-state index in [1.54, 1.807) is 31.2 Å². The number of hydrogen-bond acceptors (Lipinski definition) is 2. The minimum absolute atomic E-state index is 0.0144. The van der Waals surface area contributed by atoms with Gasteiger partial charge in [-0.05, 0) is 30.7 Å². The van der Waals surface area contributed by atoms with Gasteiger partial charge in [0.05, 0.1) is 0 Å². The molecule has 3 nitrogen and oxygen atoms in total. The largest absolute Gasteiger partial charge is 0.481 e. The third-order valence-corrected chi connectivity index (χ3v) is 2.62. The molecule has 16 heavy (non-hydrogen) atoms. The van der Waals surface area contributed by atoms with Crippen LogP contribution in [-0.2, 0) is 4.79 Å². The molecule has 0 heterocycles. The SMILES string of the molecule is CC(CCC(=O)O)C(=O)c1ccc(Cl)cc1. The zero-order valence-electron chi connectivity index (χ0n) is 8.94. The Balaban J connectivity index is 2.63. The number of carboxylic acids is 1. The number of halogens is 1. The molecule has 1 unspecified atom stereocenters. The number of carbonyl (C=O) groups excluding carboxylic acids is 1. The van der Waals surface area contributed by atoms with Gasteiger partial charge in [-0.15, -0.1) is 0 Å². The summed E-state index contributed by atoms with van der Waals surface area (Å²) in [5.74, 6) is -1.20. The summed E-state index contributed by atoms with van der Waals surface area (Å²) in [4.78, 5) is 22.2. The van der Waals surface area contributed by atoms with Crippen LogP contribution < -0.4 is 0 Å². The summed E-state index contributed by atoms with van der Waals surface area (Å²) in [5.41, 5.74) is 0.572. The lowest BCUT2D eigenvalue weighted by molar-refractivity contribution is -0.137. The maximum Gasteiger partial charge on any atom is 0.303 e. The van der Waals surface area contributed by atoms with Crippen molar-refractivity contribution in [1.82, 2.24) is 0 Å². The second-order valence-corrected chi connectivity index (χ2v) is 4.14. The minimum atomic E-state index is -0.879. The van der Waals surface area contributed by atoms with Crippen molar-refractivity contribution >= 4 is 23.4 Å². The molecule has 0 radical (unpaired) electrons. The first-order valence-electron chi connectivity index (χ1n) is 5.02. The smallest absolute Gasteiger partial charge is 0.303 e. The molecule has 1 rings (SSSR count). The van der Waals surface area contributed by atoms with E-state index in [1.807, 2.05) is 0 Å². The van der Waals surface area contributed by atoms with Crippen LogP contribution in [0, 0.1) is 5.92 Å². The van der Waals surface area contributed by atoms with Gasteiger partial charge in [0.25, 0.3) is 0 Å². The molecule has 0 saturated carbocycles. The van der Waals surface area contributed by atoms with Crippen LogP contribution in [0.25, 0.3) is 0 Å². The molecule has 4 heteroatoms. The summed E-state index contributed by atoms with van der Waals surface area (Å²) in [6, 6.07) is 6.61. The summed E-state index contributed by atoms with van der Waals surface area (Å²) in [6.07, 6.45) is 0.372. The first-order chi connectivity index (χ1) is 7.50. The minimum Gasteiger partial charge on any atom is -0.481 e. The molecule has 1 aromatic carbocycles. The first kappa shape index (κ1) is 12.7. The highest BCUT2D eigenvalue weighted by Gasteiger charge is 2.15. The Labute approximate surface area is 99.0 Å². The fraction of sp³-hybridized carbons (Fsp3) is 0.333. The van der Waals surface area contributed by atoms with Gasteiger partial charge in [0.2, 0.25) is 0 Å². The van der Waals surface area contributed by atoms with Crippen LogP contribution in [0.2, 0.25) is 5.02 Å². The van der Waals surface area contributed by atoms with Crippen molar-refractivity contribution < 1.29 is 14.7 Å². The van der Waals surface area contributed by atoms with E-state index in [4.69, 9.17) is 16.7 Å². The number of hydrogen-bond donors (Lipinski definition) is 1. The normalized spacial score (nSPS) is 12.1. The standard InChI is InChI=1S/C12H13ClO3/c1-8(2-7-11(14)15)12(16)9-3-5-10(13)6-4-9/h3-6,8H,2,7H2,1H3,(H,14,15). The van der Waals surface area contributed by atoms with Crippen LogP contribution in [0.3, 0.4) is 0 Å². The number of ketones is 1. The lowest BCUT2D eigenvalue weighted by Crippen LogP contribution is -2.12. The van der Waals surface area contributed by atoms with E-state index in [-0.39, 0.29) is 18.1 Å². The Morgan fingerprint density at radius 1 is 1.31 bits per heavy atom. The molecule has 0 fully saturated rings. The molecule has 0 spiro atoms. The van der Waals surface area contributed by atoms with Crippen molar-refractivity contribution in [3.8, 4) is 0 Å². The van der Waals surface area contributed by atoms with Gasteiger partial charge in [0, 0.05) is 22.9 Å². The molecule has 0 bridgehead atoms. The van der Waals surface area contributed by atoms with Gasteiger partial charge in [-0.1, -0.05) is 18.5 Å². The second-order valence-electron chi connectivity index (χ2n) is 3.70. The second kappa shape index (κ2) is 5.66. The number of benzene rings is 1. The van der Waals surface area contributed by atoms with Crippen LogP contribution >= 0.6 is 11.6 Å². The zero-order valence-corrected chi connectivity index (χ0v) is 9.70. The zero-order chi connectivity index (χ0) is 12.1. The molecular formula is C12H13ClO3. The highest BCUT2D eigenvalue weighted by Crippen LogP contribution is 2.16. The quantitative estimate of drug-likeness (QED) is 0.805.